The highest BCUT2D eigenvalue weighted by Crippen LogP contribution is 2.28. The molecule has 1 saturated heterocycles. The van der Waals surface area contributed by atoms with Gasteiger partial charge >= 0.3 is 0 Å². The fourth-order valence-electron chi connectivity index (χ4n) is 1.85. The lowest BCUT2D eigenvalue weighted by Crippen LogP contribution is -2.47. The van der Waals surface area contributed by atoms with Crippen LogP contribution < -0.4 is 0 Å². The van der Waals surface area contributed by atoms with Gasteiger partial charge in [-0.25, -0.2) is 8.42 Å². The fraction of sp³-hybridized carbons (Fsp3) is 0.600. The fourth-order valence-corrected chi connectivity index (χ4v) is 5.13. The van der Waals surface area contributed by atoms with Gasteiger partial charge in [-0.2, -0.15) is 4.31 Å². The minimum atomic E-state index is -3.43. The minimum absolute atomic E-state index is 0.128. The van der Waals surface area contributed by atoms with E-state index >= 15 is 0 Å². The highest BCUT2D eigenvalue weighted by molar-refractivity contribution is 7.89. The lowest BCUT2D eigenvalue weighted by atomic mass is 10.3. The monoisotopic (exact) mass is 295 g/mol. The summed E-state index contributed by atoms with van der Waals surface area (Å²) in [6, 6.07) is 1.50. The third-order valence-electron chi connectivity index (χ3n) is 2.72. The van der Waals surface area contributed by atoms with E-state index in [-0.39, 0.29) is 11.9 Å². The summed E-state index contributed by atoms with van der Waals surface area (Å²) in [6.07, 6.45) is 0. The van der Waals surface area contributed by atoms with Crippen molar-refractivity contribution in [3.8, 4) is 0 Å². The molecule has 1 aromatic rings. The number of nitrogens with zero attached hydrogens (tertiary/aromatic N) is 1. The van der Waals surface area contributed by atoms with Crippen LogP contribution in [0.25, 0.3) is 0 Å². The number of rotatable bonds is 3. The van der Waals surface area contributed by atoms with E-state index in [2.05, 4.69) is 0 Å². The van der Waals surface area contributed by atoms with E-state index in [0.717, 1.165) is 0 Å². The molecule has 1 aliphatic rings. The molecule has 0 amide bonds. The molecule has 0 spiro atoms. The summed E-state index contributed by atoms with van der Waals surface area (Å²) in [5.41, 5.74) is 0. The van der Waals surface area contributed by atoms with Crippen LogP contribution in [0.4, 0.5) is 0 Å². The van der Waals surface area contributed by atoms with Gasteiger partial charge in [0.15, 0.2) is 0 Å². The third-order valence-corrected chi connectivity index (χ3v) is 6.29. The van der Waals surface area contributed by atoms with E-state index in [1.807, 2.05) is 6.92 Å². The zero-order valence-electron chi connectivity index (χ0n) is 9.43. The van der Waals surface area contributed by atoms with Crippen molar-refractivity contribution in [3.63, 3.8) is 0 Å². The van der Waals surface area contributed by atoms with Gasteiger partial charge in [0.2, 0.25) is 10.0 Å². The Bertz CT molecular complexity index is 485. The minimum Gasteiger partial charge on any atom is -0.378 e. The van der Waals surface area contributed by atoms with Crippen LogP contribution >= 0.6 is 22.9 Å². The van der Waals surface area contributed by atoms with Crippen molar-refractivity contribution < 1.29 is 13.2 Å². The Kier molecular flexibility index (Phi) is 4.10. The molecule has 7 heteroatoms. The van der Waals surface area contributed by atoms with Crippen LogP contribution in [-0.4, -0.2) is 38.5 Å². The second-order valence-corrected chi connectivity index (χ2v) is 7.01. The first-order valence-corrected chi connectivity index (χ1v) is 8.14. The smallest absolute Gasteiger partial charge is 0.244 e. The Morgan fingerprint density at radius 1 is 1.65 bits per heavy atom. The first-order valence-electron chi connectivity index (χ1n) is 5.29. The molecule has 1 atom stereocenters. The standard InChI is InChI=1S/C10H14ClNO3S2/c1-8-7-15-4-3-12(8)17(13,14)10-2-5-16-9(10)6-11/h2,5,8H,3-4,6-7H2,1H3. The van der Waals surface area contributed by atoms with Crippen LogP contribution in [0, 0.1) is 0 Å². The molecule has 0 N–H and O–H groups in total. The predicted molar refractivity (Wildman–Crippen MR) is 68.0 cm³/mol. The van der Waals surface area contributed by atoms with Crippen LogP contribution in [0.1, 0.15) is 11.8 Å². The predicted octanol–water partition coefficient (Wildman–Crippen LogP) is 1.90. The first-order chi connectivity index (χ1) is 8.07. The summed E-state index contributed by atoms with van der Waals surface area (Å²) >= 11 is 7.13. The van der Waals surface area contributed by atoms with Crippen LogP contribution in [0.3, 0.4) is 0 Å². The molecule has 0 bridgehead atoms. The molecular weight excluding hydrogens is 282 g/mol. The van der Waals surface area contributed by atoms with E-state index in [4.69, 9.17) is 16.3 Å². The summed E-state index contributed by atoms with van der Waals surface area (Å²) in [5.74, 6) is 0.227. The first kappa shape index (κ1) is 13.3. The molecule has 0 aromatic carbocycles. The number of ether oxygens (including phenoxy) is 1. The summed E-state index contributed by atoms with van der Waals surface area (Å²) < 4.78 is 31.7. The molecule has 2 rings (SSSR count). The van der Waals surface area contributed by atoms with Crippen LogP contribution in [0.5, 0.6) is 0 Å². The van der Waals surface area contributed by atoms with E-state index in [9.17, 15) is 8.42 Å². The van der Waals surface area contributed by atoms with Gasteiger partial charge in [-0.05, 0) is 18.4 Å². The Morgan fingerprint density at radius 3 is 3.06 bits per heavy atom. The Hall–Kier alpha value is -0.140. The van der Waals surface area contributed by atoms with Gasteiger partial charge in [0.1, 0.15) is 0 Å². The third kappa shape index (κ3) is 2.51. The summed E-state index contributed by atoms with van der Waals surface area (Å²) in [4.78, 5) is 1.04. The molecule has 0 radical (unpaired) electrons. The Balaban J connectivity index is 2.35. The maximum Gasteiger partial charge on any atom is 0.244 e. The number of thiophene rings is 1. The number of halogens is 1. The molecule has 1 fully saturated rings. The highest BCUT2D eigenvalue weighted by atomic mass is 35.5. The highest BCUT2D eigenvalue weighted by Gasteiger charge is 2.33. The van der Waals surface area contributed by atoms with Crippen molar-refractivity contribution in [2.45, 2.75) is 23.7 Å². The van der Waals surface area contributed by atoms with E-state index in [1.54, 1.807) is 11.4 Å². The number of morpholine rings is 1. The van der Waals surface area contributed by atoms with Crippen molar-refractivity contribution in [3.05, 3.63) is 16.3 Å². The number of hydrogen-bond acceptors (Lipinski definition) is 4. The molecule has 17 heavy (non-hydrogen) atoms. The molecule has 0 aliphatic carbocycles. The largest absolute Gasteiger partial charge is 0.378 e. The van der Waals surface area contributed by atoms with E-state index in [1.165, 1.54) is 15.6 Å². The van der Waals surface area contributed by atoms with E-state index < -0.39 is 10.0 Å². The normalized spacial score (nSPS) is 22.8. The second-order valence-electron chi connectivity index (χ2n) is 3.88. The van der Waals surface area contributed by atoms with E-state index in [0.29, 0.717) is 29.5 Å². The van der Waals surface area contributed by atoms with Gasteiger partial charge < -0.3 is 4.74 Å². The average molecular weight is 296 g/mol. The van der Waals surface area contributed by atoms with Gasteiger partial charge in [-0.15, -0.1) is 22.9 Å². The van der Waals surface area contributed by atoms with Crippen molar-refractivity contribution in [2.24, 2.45) is 0 Å². The Morgan fingerprint density at radius 2 is 2.41 bits per heavy atom. The van der Waals surface area contributed by atoms with Gasteiger partial charge in [-0.3, -0.25) is 0 Å². The molecule has 1 unspecified atom stereocenters. The van der Waals surface area contributed by atoms with Gasteiger partial charge in [0.25, 0.3) is 0 Å². The summed E-state index contributed by atoms with van der Waals surface area (Å²) in [7, 11) is -3.43. The zero-order chi connectivity index (χ0) is 12.5. The van der Waals surface area contributed by atoms with Crippen molar-refractivity contribution in [1.29, 1.82) is 0 Å². The van der Waals surface area contributed by atoms with Crippen LogP contribution in [0.15, 0.2) is 16.3 Å². The summed E-state index contributed by atoms with van der Waals surface area (Å²) in [5, 5.41) is 1.76. The molecule has 1 aliphatic heterocycles. The van der Waals surface area contributed by atoms with Crippen LogP contribution in [-0.2, 0) is 20.6 Å². The Labute approximate surface area is 110 Å². The van der Waals surface area contributed by atoms with Crippen molar-refractivity contribution >= 4 is 33.0 Å². The molecule has 96 valence electrons. The quantitative estimate of drug-likeness (QED) is 0.800. The molecule has 0 saturated carbocycles. The lowest BCUT2D eigenvalue weighted by molar-refractivity contribution is 0.0392. The maximum atomic E-state index is 12.5. The van der Waals surface area contributed by atoms with Gasteiger partial charge in [0, 0.05) is 17.5 Å². The number of sulfonamides is 1. The SMILES string of the molecule is CC1COCCN1S(=O)(=O)c1ccsc1CCl. The molecular formula is C10H14ClNO3S2. The second kappa shape index (κ2) is 5.24. The van der Waals surface area contributed by atoms with Crippen molar-refractivity contribution in [2.75, 3.05) is 19.8 Å². The number of hydrogen-bond donors (Lipinski definition) is 0. The molecule has 2 heterocycles. The average Bonchev–Trinajstić information content (AvgIpc) is 2.78. The maximum absolute atomic E-state index is 12.5. The van der Waals surface area contributed by atoms with Crippen molar-refractivity contribution in [1.82, 2.24) is 4.31 Å². The number of alkyl halides is 1. The topological polar surface area (TPSA) is 46.6 Å². The molecule has 4 nitrogen and oxygen atoms in total. The van der Waals surface area contributed by atoms with Gasteiger partial charge in [0.05, 0.1) is 24.0 Å². The summed E-state index contributed by atoms with van der Waals surface area (Å²) in [6.45, 7) is 3.15. The van der Waals surface area contributed by atoms with Gasteiger partial charge in [-0.1, -0.05) is 0 Å². The van der Waals surface area contributed by atoms with Crippen LogP contribution in [0.2, 0.25) is 0 Å². The lowest BCUT2D eigenvalue weighted by Gasteiger charge is -2.32. The molecule has 1 aromatic heterocycles. The zero-order valence-corrected chi connectivity index (χ0v) is 11.8.